The van der Waals surface area contributed by atoms with Crippen LogP contribution in [0.3, 0.4) is 0 Å². The Hall–Kier alpha value is -2.76. The third kappa shape index (κ3) is 3.95. The molecule has 6 heteroatoms. The van der Waals surface area contributed by atoms with E-state index < -0.39 is 0 Å². The van der Waals surface area contributed by atoms with Crippen molar-refractivity contribution in [2.24, 2.45) is 0 Å². The number of anilines is 1. The van der Waals surface area contributed by atoms with E-state index in [1.807, 2.05) is 50.2 Å². The van der Waals surface area contributed by atoms with E-state index >= 15 is 0 Å². The number of aryl methyl sites for hydroxylation is 2. The summed E-state index contributed by atoms with van der Waals surface area (Å²) in [6, 6.07) is 11.9. The lowest BCUT2D eigenvalue weighted by Crippen LogP contribution is -2.11. The van der Waals surface area contributed by atoms with Gasteiger partial charge in [0.05, 0.1) is 12.5 Å². The molecule has 0 saturated heterocycles. The highest BCUT2D eigenvalue weighted by Crippen LogP contribution is 2.17. The second kappa shape index (κ2) is 7.21. The van der Waals surface area contributed by atoms with Crippen LogP contribution >= 0.6 is 0 Å². The van der Waals surface area contributed by atoms with Crippen molar-refractivity contribution in [3.8, 4) is 0 Å². The van der Waals surface area contributed by atoms with Crippen molar-refractivity contribution in [1.29, 1.82) is 0 Å². The summed E-state index contributed by atoms with van der Waals surface area (Å²) in [6.07, 6.45) is 1.50. The lowest BCUT2D eigenvalue weighted by molar-refractivity contribution is 0.377. The number of aromatic nitrogens is 4. The number of nitrogens with zero attached hydrogens (tertiary/aromatic N) is 4. The summed E-state index contributed by atoms with van der Waals surface area (Å²) in [4.78, 5) is 13.3. The molecule has 0 aliphatic carbocycles. The molecule has 0 aliphatic heterocycles. The Labute approximate surface area is 141 Å². The maximum atomic E-state index is 5.36. The van der Waals surface area contributed by atoms with Crippen LogP contribution in [-0.2, 0) is 12.8 Å². The molecule has 0 amide bonds. The van der Waals surface area contributed by atoms with Gasteiger partial charge in [0.25, 0.3) is 0 Å². The highest BCUT2D eigenvalue weighted by Gasteiger charge is 2.15. The molecule has 0 fully saturated rings. The quantitative estimate of drug-likeness (QED) is 0.748. The smallest absolute Gasteiger partial charge is 0.231 e. The van der Waals surface area contributed by atoms with Crippen molar-refractivity contribution in [2.45, 2.75) is 39.7 Å². The van der Waals surface area contributed by atoms with E-state index in [1.54, 1.807) is 0 Å². The summed E-state index contributed by atoms with van der Waals surface area (Å²) in [7, 11) is 0. The molecule has 2 heterocycles. The van der Waals surface area contributed by atoms with Crippen molar-refractivity contribution in [3.05, 3.63) is 65.2 Å². The highest BCUT2D eigenvalue weighted by atomic mass is 16.5. The first-order valence-electron chi connectivity index (χ1n) is 8.11. The van der Waals surface area contributed by atoms with Gasteiger partial charge in [-0.2, -0.15) is 4.98 Å². The van der Waals surface area contributed by atoms with Crippen molar-refractivity contribution in [2.75, 3.05) is 5.32 Å². The second-order valence-corrected chi connectivity index (χ2v) is 5.72. The van der Waals surface area contributed by atoms with Gasteiger partial charge in [0, 0.05) is 11.8 Å². The maximum Gasteiger partial charge on any atom is 0.231 e. The van der Waals surface area contributed by atoms with Crippen LogP contribution in [0.4, 0.5) is 5.82 Å². The first-order chi connectivity index (χ1) is 11.6. The Kier molecular flexibility index (Phi) is 4.84. The van der Waals surface area contributed by atoms with Crippen LogP contribution in [0.15, 0.2) is 40.9 Å². The summed E-state index contributed by atoms with van der Waals surface area (Å²) in [5.74, 6) is 2.76. The molecular weight excluding hydrogens is 302 g/mol. The normalized spacial score (nSPS) is 12.1. The molecular formula is C18H21N5O. The molecule has 1 atom stereocenters. The lowest BCUT2D eigenvalue weighted by Gasteiger charge is -2.11. The van der Waals surface area contributed by atoms with E-state index in [2.05, 4.69) is 32.3 Å². The van der Waals surface area contributed by atoms with Crippen LogP contribution in [0.2, 0.25) is 0 Å². The molecule has 0 saturated carbocycles. The average molecular weight is 323 g/mol. The number of rotatable bonds is 6. The van der Waals surface area contributed by atoms with Gasteiger partial charge in [-0.15, -0.1) is 0 Å². The van der Waals surface area contributed by atoms with E-state index in [9.17, 15) is 0 Å². The van der Waals surface area contributed by atoms with Crippen LogP contribution in [0.1, 0.15) is 48.7 Å². The molecule has 6 nitrogen and oxygen atoms in total. The van der Waals surface area contributed by atoms with E-state index in [0.717, 1.165) is 29.3 Å². The molecule has 124 valence electrons. The summed E-state index contributed by atoms with van der Waals surface area (Å²) in [5, 5.41) is 7.40. The van der Waals surface area contributed by atoms with Gasteiger partial charge >= 0.3 is 0 Å². The summed E-state index contributed by atoms with van der Waals surface area (Å²) in [5.41, 5.74) is 2.16. The van der Waals surface area contributed by atoms with E-state index in [-0.39, 0.29) is 6.04 Å². The van der Waals surface area contributed by atoms with Crippen molar-refractivity contribution < 1.29 is 4.52 Å². The zero-order valence-electron chi connectivity index (χ0n) is 14.2. The predicted molar refractivity (Wildman–Crippen MR) is 91.7 cm³/mol. The fourth-order valence-corrected chi connectivity index (χ4v) is 2.46. The molecule has 1 unspecified atom stereocenters. The first kappa shape index (κ1) is 16.1. The molecule has 3 rings (SSSR count). The Morgan fingerprint density at radius 2 is 1.92 bits per heavy atom. The summed E-state index contributed by atoms with van der Waals surface area (Å²) >= 11 is 0. The Bertz CT molecular complexity index is 800. The van der Waals surface area contributed by atoms with Gasteiger partial charge in [-0.3, -0.25) is 0 Å². The Morgan fingerprint density at radius 1 is 1.12 bits per heavy atom. The number of hydrogen-bond donors (Lipinski definition) is 1. The van der Waals surface area contributed by atoms with Gasteiger partial charge in [0.15, 0.2) is 5.82 Å². The minimum absolute atomic E-state index is 0.0997. The van der Waals surface area contributed by atoms with Crippen LogP contribution in [0.25, 0.3) is 0 Å². The van der Waals surface area contributed by atoms with Crippen LogP contribution in [0.5, 0.6) is 0 Å². The number of benzene rings is 1. The molecule has 2 aromatic heterocycles. The lowest BCUT2D eigenvalue weighted by atomic mass is 10.1. The van der Waals surface area contributed by atoms with Crippen molar-refractivity contribution in [3.63, 3.8) is 0 Å². The molecule has 1 N–H and O–H groups in total. The zero-order valence-corrected chi connectivity index (χ0v) is 14.2. The molecule has 24 heavy (non-hydrogen) atoms. The topological polar surface area (TPSA) is 76.7 Å². The highest BCUT2D eigenvalue weighted by molar-refractivity contribution is 5.37. The minimum Gasteiger partial charge on any atom is -0.360 e. The maximum absolute atomic E-state index is 5.36. The van der Waals surface area contributed by atoms with Crippen LogP contribution in [-0.4, -0.2) is 20.1 Å². The van der Waals surface area contributed by atoms with E-state index in [1.165, 1.54) is 0 Å². The van der Waals surface area contributed by atoms with Crippen molar-refractivity contribution >= 4 is 5.82 Å². The summed E-state index contributed by atoms with van der Waals surface area (Å²) < 4.78 is 5.36. The predicted octanol–water partition coefficient (Wildman–Crippen LogP) is 3.49. The third-order valence-electron chi connectivity index (χ3n) is 3.69. The Balaban J connectivity index is 1.69. The molecule has 0 radical (unpaired) electrons. The van der Waals surface area contributed by atoms with Crippen LogP contribution < -0.4 is 5.32 Å². The zero-order chi connectivity index (χ0) is 16.9. The van der Waals surface area contributed by atoms with Crippen LogP contribution in [0, 0.1) is 6.92 Å². The van der Waals surface area contributed by atoms with Gasteiger partial charge in [-0.25, -0.2) is 9.97 Å². The first-order valence-corrected chi connectivity index (χ1v) is 8.11. The molecule has 3 aromatic rings. The van der Waals surface area contributed by atoms with Gasteiger partial charge in [-0.1, -0.05) is 42.4 Å². The molecule has 0 spiro atoms. The minimum atomic E-state index is -0.0997. The molecule has 1 aromatic carbocycles. The average Bonchev–Trinajstić information content (AvgIpc) is 3.04. The second-order valence-electron chi connectivity index (χ2n) is 5.72. The monoisotopic (exact) mass is 323 g/mol. The fraction of sp³-hybridized carbons (Fsp3) is 0.333. The van der Waals surface area contributed by atoms with Gasteiger partial charge in [0.2, 0.25) is 5.89 Å². The standard InChI is InChI=1S/C18H21N5O/c1-4-15-11-16(21-13(3)20-15)19-12(2)18-22-17(24-23-18)10-14-8-6-5-7-9-14/h5-9,11-12H,4,10H2,1-3H3,(H,19,20,21). The van der Waals surface area contributed by atoms with E-state index in [4.69, 9.17) is 4.52 Å². The van der Waals surface area contributed by atoms with Gasteiger partial charge < -0.3 is 9.84 Å². The number of nitrogens with one attached hydrogen (secondary N) is 1. The van der Waals surface area contributed by atoms with Gasteiger partial charge in [-0.05, 0) is 25.8 Å². The third-order valence-corrected chi connectivity index (χ3v) is 3.69. The number of hydrogen-bond acceptors (Lipinski definition) is 6. The van der Waals surface area contributed by atoms with Gasteiger partial charge in [0.1, 0.15) is 11.6 Å². The Morgan fingerprint density at radius 3 is 2.67 bits per heavy atom. The molecule has 0 aliphatic rings. The molecule has 0 bridgehead atoms. The SMILES string of the molecule is CCc1cc(NC(C)c2noc(Cc3ccccc3)n2)nc(C)n1. The van der Waals surface area contributed by atoms with Crippen molar-refractivity contribution in [1.82, 2.24) is 20.1 Å². The largest absolute Gasteiger partial charge is 0.360 e. The summed E-state index contributed by atoms with van der Waals surface area (Å²) in [6.45, 7) is 5.95. The fourth-order valence-electron chi connectivity index (χ4n) is 2.46. The van der Waals surface area contributed by atoms with E-state index in [0.29, 0.717) is 18.1 Å².